The predicted molar refractivity (Wildman–Crippen MR) is 103 cm³/mol. The molecule has 2 rings (SSSR count). The zero-order chi connectivity index (χ0) is 16.5. The van der Waals surface area contributed by atoms with Gasteiger partial charge in [0.2, 0.25) is 0 Å². The zero-order valence-electron chi connectivity index (χ0n) is 14.8. The van der Waals surface area contributed by atoms with Crippen LogP contribution in [0.3, 0.4) is 0 Å². The summed E-state index contributed by atoms with van der Waals surface area (Å²) in [6, 6.07) is 4.89. The number of rotatable bonds is 7. The van der Waals surface area contributed by atoms with Gasteiger partial charge in [-0.25, -0.2) is 0 Å². The fourth-order valence-corrected chi connectivity index (χ4v) is 3.76. The number of hydrogen-bond acceptors (Lipinski definition) is 3. The molecule has 5 heteroatoms. The van der Waals surface area contributed by atoms with Crippen molar-refractivity contribution in [2.24, 2.45) is 10.9 Å². The normalized spacial score (nSPS) is 16.9. The summed E-state index contributed by atoms with van der Waals surface area (Å²) < 4.78 is 0. The summed E-state index contributed by atoms with van der Waals surface area (Å²) in [4.78, 5) is 7.30. The molecule has 23 heavy (non-hydrogen) atoms. The molecule has 0 spiro atoms. The van der Waals surface area contributed by atoms with Crippen molar-refractivity contribution in [3.8, 4) is 0 Å². The molecule has 1 aliphatic rings. The lowest BCUT2D eigenvalue weighted by Gasteiger charge is -2.33. The maximum atomic E-state index is 4.80. The maximum Gasteiger partial charge on any atom is 0.191 e. The second-order valence-electron chi connectivity index (χ2n) is 6.26. The lowest BCUT2D eigenvalue weighted by atomic mass is 10.0. The highest BCUT2D eigenvalue weighted by Crippen LogP contribution is 2.24. The van der Waals surface area contributed by atoms with Gasteiger partial charge in [0, 0.05) is 32.2 Å². The van der Waals surface area contributed by atoms with Gasteiger partial charge < -0.3 is 15.5 Å². The van der Waals surface area contributed by atoms with Crippen LogP contribution in [0.4, 0.5) is 5.00 Å². The van der Waals surface area contributed by atoms with E-state index in [1.807, 2.05) is 11.3 Å². The van der Waals surface area contributed by atoms with Crippen LogP contribution in [0, 0.1) is 5.92 Å². The van der Waals surface area contributed by atoms with Gasteiger partial charge in [-0.15, -0.1) is 11.3 Å². The lowest BCUT2D eigenvalue weighted by molar-refractivity contribution is 0.459. The van der Waals surface area contributed by atoms with Crippen molar-refractivity contribution < 1.29 is 0 Å². The first-order valence-corrected chi connectivity index (χ1v) is 9.98. The van der Waals surface area contributed by atoms with Crippen LogP contribution in [-0.4, -0.2) is 38.2 Å². The summed E-state index contributed by atoms with van der Waals surface area (Å²) in [5.41, 5.74) is 0. The molecule has 0 atom stereocenters. The highest BCUT2D eigenvalue weighted by molar-refractivity contribution is 7.14. The maximum absolute atomic E-state index is 4.80. The largest absolute Gasteiger partial charge is 0.363 e. The molecular weight excluding hydrogens is 304 g/mol. The predicted octanol–water partition coefficient (Wildman–Crippen LogP) is 3.71. The van der Waals surface area contributed by atoms with E-state index in [1.54, 1.807) is 0 Å². The molecule has 130 valence electrons. The Morgan fingerprint density at radius 2 is 2.04 bits per heavy atom. The number of nitrogens with one attached hydrogen (secondary N) is 2. The van der Waals surface area contributed by atoms with Gasteiger partial charge in [0.05, 0.1) is 5.00 Å². The highest BCUT2D eigenvalue weighted by atomic mass is 32.1. The van der Waals surface area contributed by atoms with Gasteiger partial charge in [-0.3, -0.25) is 4.99 Å². The average molecular weight is 337 g/mol. The number of piperidine rings is 1. The Morgan fingerprint density at radius 3 is 2.61 bits per heavy atom. The number of guanidine groups is 1. The van der Waals surface area contributed by atoms with Crippen molar-refractivity contribution in [1.82, 2.24) is 10.6 Å². The Morgan fingerprint density at radius 1 is 1.30 bits per heavy atom. The summed E-state index contributed by atoms with van der Waals surface area (Å²) in [6.07, 6.45) is 4.76. The van der Waals surface area contributed by atoms with E-state index in [1.165, 1.54) is 30.7 Å². The van der Waals surface area contributed by atoms with Gasteiger partial charge in [0.1, 0.15) is 0 Å². The second-order valence-corrected chi connectivity index (χ2v) is 7.19. The standard InChI is InChI=1S/C18H32N4S/c1-4-15(5-2)14-20-18(19-6-3)21-16-9-11-22(12-10-16)17-8-7-13-23-17/h7-8,13,15-16H,4-6,9-12,14H2,1-3H3,(H2,19,20,21). The van der Waals surface area contributed by atoms with Crippen LogP contribution in [0.2, 0.25) is 0 Å². The Hall–Kier alpha value is -1.23. The van der Waals surface area contributed by atoms with E-state index in [2.05, 4.69) is 53.8 Å². The number of thiophene rings is 1. The van der Waals surface area contributed by atoms with E-state index in [0.29, 0.717) is 12.0 Å². The number of hydrogen-bond donors (Lipinski definition) is 2. The third-order valence-corrected chi connectivity index (χ3v) is 5.59. The molecule has 0 aliphatic carbocycles. The van der Waals surface area contributed by atoms with Crippen molar-refractivity contribution in [1.29, 1.82) is 0 Å². The molecular formula is C18H32N4S. The van der Waals surface area contributed by atoms with Crippen LogP contribution in [0.1, 0.15) is 46.5 Å². The first-order valence-electron chi connectivity index (χ1n) is 9.10. The van der Waals surface area contributed by atoms with Gasteiger partial charge in [-0.2, -0.15) is 0 Å². The van der Waals surface area contributed by atoms with Crippen LogP contribution in [0.15, 0.2) is 22.5 Å². The molecule has 0 amide bonds. The molecule has 4 nitrogen and oxygen atoms in total. The first kappa shape index (κ1) is 18.1. The molecule has 1 saturated heterocycles. The van der Waals surface area contributed by atoms with Crippen molar-refractivity contribution in [3.05, 3.63) is 17.5 Å². The molecule has 1 aliphatic heterocycles. The lowest BCUT2D eigenvalue weighted by Crippen LogP contribution is -2.48. The Labute approximate surface area is 145 Å². The molecule has 0 aromatic carbocycles. The molecule has 0 unspecified atom stereocenters. The smallest absolute Gasteiger partial charge is 0.191 e. The monoisotopic (exact) mass is 336 g/mol. The van der Waals surface area contributed by atoms with Crippen molar-refractivity contribution in [2.45, 2.75) is 52.5 Å². The van der Waals surface area contributed by atoms with Crippen molar-refractivity contribution in [2.75, 3.05) is 31.1 Å². The molecule has 0 bridgehead atoms. The number of nitrogens with zero attached hydrogens (tertiary/aromatic N) is 2. The molecule has 1 aromatic heterocycles. The molecule has 1 aromatic rings. The second kappa shape index (κ2) is 9.81. The van der Waals surface area contributed by atoms with E-state index in [4.69, 9.17) is 4.99 Å². The quantitative estimate of drug-likeness (QED) is 0.589. The minimum Gasteiger partial charge on any atom is -0.363 e. The van der Waals surface area contributed by atoms with Crippen LogP contribution in [0.5, 0.6) is 0 Å². The number of aliphatic imine (C=N–C) groups is 1. The Bertz CT molecular complexity index is 446. The summed E-state index contributed by atoms with van der Waals surface area (Å²) in [5.74, 6) is 1.69. The van der Waals surface area contributed by atoms with E-state index >= 15 is 0 Å². The first-order chi connectivity index (χ1) is 11.3. The van der Waals surface area contributed by atoms with Gasteiger partial charge >= 0.3 is 0 Å². The van der Waals surface area contributed by atoms with Gasteiger partial charge in [-0.05, 0) is 43.2 Å². The van der Waals surface area contributed by atoms with Crippen molar-refractivity contribution in [3.63, 3.8) is 0 Å². The summed E-state index contributed by atoms with van der Waals surface area (Å²) in [6.45, 7) is 10.7. The van der Waals surface area contributed by atoms with Crippen LogP contribution in [-0.2, 0) is 0 Å². The molecule has 0 saturated carbocycles. The van der Waals surface area contributed by atoms with Gasteiger partial charge in [0.25, 0.3) is 0 Å². The Balaban J connectivity index is 1.82. The molecule has 0 radical (unpaired) electrons. The van der Waals surface area contributed by atoms with E-state index in [9.17, 15) is 0 Å². The summed E-state index contributed by atoms with van der Waals surface area (Å²) in [5, 5.41) is 10.6. The van der Waals surface area contributed by atoms with Crippen LogP contribution >= 0.6 is 11.3 Å². The fourth-order valence-electron chi connectivity index (χ4n) is 2.97. The van der Waals surface area contributed by atoms with E-state index < -0.39 is 0 Å². The van der Waals surface area contributed by atoms with Crippen molar-refractivity contribution >= 4 is 22.3 Å². The Kier molecular flexibility index (Phi) is 7.72. The SMILES string of the molecule is CCNC(=NCC(CC)CC)NC1CCN(c2cccs2)CC1. The minimum absolute atomic E-state index is 0.533. The molecule has 2 N–H and O–H groups in total. The molecule has 2 heterocycles. The topological polar surface area (TPSA) is 39.7 Å². The van der Waals surface area contributed by atoms with Gasteiger partial charge in [-0.1, -0.05) is 26.7 Å². The zero-order valence-corrected chi connectivity index (χ0v) is 15.7. The van der Waals surface area contributed by atoms with E-state index in [0.717, 1.165) is 32.1 Å². The highest BCUT2D eigenvalue weighted by Gasteiger charge is 2.20. The molecule has 1 fully saturated rings. The third-order valence-electron chi connectivity index (χ3n) is 4.66. The van der Waals surface area contributed by atoms with Crippen LogP contribution < -0.4 is 15.5 Å². The minimum atomic E-state index is 0.533. The fraction of sp³-hybridized carbons (Fsp3) is 0.722. The summed E-state index contributed by atoms with van der Waals surface area (Å²) >= 11 is 1.84. The van der Waals surface area contributed by atoms with Gasteiger partial charge in [0.15, 0.2) is 5.96 Å². The number of anilines is 1. The third kappa shape index (κ3) is 5.72. The van der Waals surface area contributed by atoms with E-state index in [-0.39, 0.29) is 0 Å². The average Bonchev–Trinajstić information content (AvgIpc) is 3.11. The summed E-state index contributed by atoms with van der Waals surface area (Å²) in [7, 11) is 0. The van der Waals surface area contributed by atoms with Crippen LogP contribution in [0.25, 0.3) is 0 Å².